The summed E-state index contributed by atoms with van der Waals surface area (Å²) in [7, 11) is 0. The first-order chi connectivity index (χ1) is 17.0. The predicted octanol–water partition coefficient (Wildman–Crippen LogP) is 5.86. The summed E-state index contributed by atoms with van der Waals surface area (Å²) in [6, 6.07) is 26.3. The molecule has 36 heavy (non-hydrogen) atoms. The molecule has 1 aliphatic rings. The van der Waals surface area contributed by atoms with Gasteiger partial charge in [0.2, 0.25) is 0 Å². The van der Waals surface area contributed by atoms with E-state index in [2.05, 4.69) is 12.1 Å². The van der Waals surface area contributed by atoms with Crippen LogP contribution in [-0.4, -0.2) is 28.0 Å². The summed E-state index contributed by atoms with van der Waals surface area (Å²) in [6.45, 7) is 0.423. The molecule has 0 aliphatic heterocycles. The molecule has 180 valence electrons. The number of phenolic OH excluding ortho intramolecular Hbond substituents is 1. The third-order valence-corrected chi connectivity index (χ3v) is 7.76. The van der Waals surface area contributed by atoms with E-state index < -0.39 is 0 Å². The van der Waals surface area contributed by atoms with Crippen molar-refractivity contribution in [2.45, 2.75) is 44.3 Å². The zero-order valence-corrected chi connectivity index (χ0v) is 24.8. The van der Waals surface area contributed by atoms with Crippen molar-refractivity contribution in [3.05, 3.63) is 88.8 Å². The predicted molar refractivity (Wildman–Crippen MR) is 139 cm³/mol. The smallest absolute Gasteiger partial charge is 0.186 e. The molecule has 1 heterocycles. The third-order valence-electron chi connectivity index (χ3n) is 6.70. The standard InChI is InChI=1S/C29H26N3O2S.U/c30-17-19-4-3-6-21(14-19)25-15-20(8-13-26(25)33)18-32(24-11-9-23(31)10-12-24)29(34)28-16-22-5-1-2-7-27(22)35-28;/h1-8,13-15,23-24,33H,9-12,18,31H2;/q-1;. The van der Waals surface area contributed by atoms with Crippen molar-refractivity contribution in [1.29, 1.82) is 5.26 Å². The van der Waals surface area contributed by atoms with Gasteiger partial charge in [0, 0.05) is 55.3 Å². The summed E-state index contributed by atoms with van der Waals surface area (Å²) in [5, 5.41) is 20.8. The van der Waals surface area contributed by atoms with Crippen molar-refractivity contribution in [3.63, 3.8) is 0 Å². The number of nitrogens with two attached hydrogens (primary N) is 1. The van der Waals surface area contributed by atoms with E-state index in [0.717, 1.165) is 46.9 Å². The summed E-state index contributed by atoms with van der Waals surface area (Å²) in [4.78, 5) is 16.4. The Morgan fingerprint density at radius 3 is 2.61 bits per heavy atom. The molecule has 0 radical (unpaired) electrons. The number of aromatic hydroxyl groups is 1. The third kappa shape index (κ3) is 5.69. The van der Waals surface area contributed by atoms with E-state index in [4.69, 9.17) is 5.73 Å². The Morgan fingerprint density at radius 1 is 1.08 bits per heavy atom. The molecule has 3 N–H and O–H groups in total. The molecule has 7 heteroatoms. The van der Waals surface area contributed by atoms with E-state index in [9.17, 15) is 15.2 Å². The Morgan fingerprint density at radius 2 is 1.86 bits per heavy atom. The van der Waals surface area contributed by atoms with Crippen molar-refractivity contribution in [1.82, 2.24) is 4.90 Å². The first-order valence-corrected chi connectivity index (χ1v) is 12.6. The number of carbonyl (C=O) groups is 1. The zero-order valence-electron chi connectivity index (χ0n) is 19.8. The maximum Gasteiger partial charge on any atom is 0.186 e. The van der Waals surface area contributed by atoms with Crippen LogP contribution >= 0.6 is 11.3 Å². The number of hydrogen-bond acceptors (Lipinski definition) is 5. The van der Waals surface area contributed by atoms with E-state index in [-0.39, 0.29) is 54.9 Å². The molecule has 0 spiro atoms. The van der Waals surface area contributed by atoms with E-state index in [1.807, 2.05) is 47.4 Å². The van der Waals surface area contributed by atoms with Gasteiger partial charge >= 0.3 is 0 Å². The second kappa shape index (κ2) is 11.6. The van der Waals surface area contributed by atoms with Gasteiger partial charge in [-0.1, -0.05) is 30.3 Å². The number of phenols is 1. The molecule has 5 rings (SSSR count). The first-order valence-electron chi connectivity index (χ1n) is 11.8. The van der Waals surface area contributed by atoms with Gasteiger partial charge in [-0.2, -0.15) is 5.26 Å². The van der Waals surface area contributed by atoms with Gasteiger partial charge in [0.05, 0.1) is 11.6 Å². The van der Waals surface area contributed by atoms with Crippen molar-refractivity contribution < 1.29 is 41.0 Å². The van der Waals surface area contributed by atoms with Crippen LogP contribution in [0.4, 0.5) is 0 Å². The number of thiophene rings is 1. The van der Waals surface area contributed by atoms with Crippen LogP contribution in [0.15, 0.2) is 66.7 Å². The molecule has 5 nitrogen and oxygen atoms in total. The van der Waals surface area contributed by atoms with Crippen LogP contribution in [0.1, 0.15) is 46.5 Å². The Hall–Kier alpha value is -2.61. The minimum absolute atomic E-state index is 0. The molecule has 0 saturated heterocycles. The molecule has 0 bridgehead atoms. The van der Waals surface area contributed by atoms with Crippen LogP contribution in [0.2, 0.25) is 0 Å². The number of amides is 1. The number of rotatable bonds is 5. The quantitative estimate of drug-likeness (QED) is 0.253. The minimum atomic E-state index is -0.0206. The van der Waals surface area contributed by atoms with Gasteiger partial charge in [0.1, 0.15) is 5.75 Å². The molecule has 1 aromatic heterocycles. The van der Waals surface area contributed by atoms with Crippen LogP contribution < -0.4 is 5.73 Å². The van der Waals surface area contributed by atoms with Crippen molar-refractivity contribution in [2.24, 2.45) is 5.73 Å². The van der Waals surface area contributed by atoms with Crippen molar-refractivity contribution >= 4 is 27.3 Å². The van der Waals surface area contributed by atoms with E-state index >= 15 is 0 Å². The fourth-order valence-corrected chi connectivity index (χ4v) is 5.75. The van der Waals surface area contributed by atoms with Gasteiger partial charge < -0.3 is 20.5 Å². The zero-order chi connectivity index (χ0) is 24.4. The van der Waals surface area contributed by atoms with Gasteiger partial charge in [-0.3, -0.25) is 0 Å². The molecule has 4 aromatic rings. The van der Waals surface area contributed by atoms with Gasteiger partial charge in [0.15, 0.2) is 5.91 Å². The van der Waals surface area contributed by atoms with Gasteiger partial charge in [-0.25, -0.2) is 11.3 Å². The Kier molecular flexibility index (Phi) is 8.55. The van der Waals surface area contributed by atoms with E-state index in [1.54, 1.807) is 24.3 Å². The first kappa shape index (κ1) is 26.5. The number of nitriles is 1. The molecular formula is C29H26N3O2SU-. The second-order valence-corrected chi connectivity index (χ2v) is 10.2. The Balaban J connectivity index is 0.00000304. The molecule has 1 aliphatic carbocycles. The fourth-order valence-electron chi connectivity index (χ4n) is 4.79. The average molecular weight is 719 g/mol. The molecule has 1 saturated carbocycles. The monoisotopic (exact) mass is 718 g/mol. The maximum absolute atomic E-state index is 13.8. The number of nitrogens with zero attached hydrogens (tertiary/aromatic N) is 2. The summed E-state index contributed by atoms with van der Waals surface area (Å²) in [6.07, 6.45) is 3.53. The molecule has 3 aromatic carbocycles. The Bertz CT molecular complexity index is 1390. The maximum atomic E-state index is 13.8. The van der Waals surface area contributed by atoms with Gasteiger partial charge in [0.25, 0.3) is 0 Å². The number of carbonyl (C=O) groups excluding carboxylic acids is 1. The molecule has 1 fully saturated rings. The van der Waals surface area contributed by atoms with Gasteiger partial charge in [-0.05, 0) is 70.7 Å². The average Bonchev–Trinajstić information content (AvgIpc) is 3.33. The van der Waals surface area contributed by atoms with Crippen LogP contribution in [-0.2, 0) is 6.54 Å². The molecule has 0 unspecified atom stereocenters. The number of hydrogen-bond donors (Lipinski definition) is 2. The minimum Gasteiger partial charge on any atom is -0.507 e. The SMILES string of the molecule is N#Cc1cccc(-c2cc(CN(C(=O)c3[c-]c4ccccc4s3)C3CCC(N)CC3)ccc2O)c1.[U]. The number of benzene rings is 3. The van der Waals surface area contributed by atoms with Gasteiger partial charge in [-0.15, -0.1) is 23.6 Å². The molecular weight excluding hydrogens is 692 g/mol. The molecule has 1 amide bonds. The Labute approximate surface area is 238 Å². The fraction of sp³-hybridized carbons (Fsp3) is 0.241. The summed E-state index contributed by atoms with van der Waals surface area (Å²) >= 11 is 1.47. The van der Waals surface area contributed by atoms with Crippen LogP contribution in [0, 0.1) is 48.5 Å². The summed E-state index contributed by atoms with van der Waals surface area (Å²) in [5.74, 6) is 0.121. The molecule has 0 atom stereocenters. The van der Waals surface area contributed by atoms with Crippen molar-refractivity contribution in [2.75, 3.05) is 0 Å². The normalized spacial score (nSPS) is 17.2. The van der Waals surface area contributed by atoms with E-state index in [1.165, 1.54) is 11.3 Å². The number of fused-ring (bicyclic) bond motifs is 1. The van der Waals surface area contributed by atoms with Crippen molar-refractivity contribution in [3.8, 4) is 22.9 Å². The largest absolute Gasteiger partial charge is 0.507 e. The van der Waals surface area contributed by atoms with E-state index in [0.29, 0.717) is 22.5 Å². The van der Waals surface area contributed by atoms with Crippen LogP contribution in [0.5, 0.6) is 5.75 Å². The van der Waals surface area contributed by atoms with Crippen LogP contribution in [0.3, 0.4) is 0 Å². The van der Waals surface area contributed by atoms with Crippen LogP contribution in [0.25, 0.3) is 21.2 Å². The second-order valence-electron chi connectivity index (χ2n) is 9.10. The summed E-state index contributed by atoms with van der Waals surface area (Å²) in [5.41, 5.74) is 9.02. The summed E-state index contributed by atoms with van der Waals surface area (Å²) < 4.78 is 1.05. The topological polar surface area (TPSA) is 90.4 Å².